The molecule has 3 heteroatoms. The molecule has 3 nitrogen and oxygen atoms in total. The first kappa shape index (κ1) is 13.6. The fourth-order valence-electron chi connectivity index (χ4n) is 2.02. The minimum atomic E-state index is -0.317. The monoisotopic (exact) mass is 234 g/mol. The van der Waals surface area contributed by atoms with Crippen LogP contribution in [0.1, 0.15) is 37.5 Å². The van der Waals surface area contributed by atoms with Crippen LogP contribution in [0, 0.1) is 0 Å². The van der Waals surface area contributed by atoms with Gasteiger partial charge in [0.15, 0.2) is 0 Å². The molecule has 0 unspecified atom stereocenters. The Morgan fingerprint density at radius 1 is 1.35 bits per heavy atom. The van der Waals surface area contributed by atoms with E-state index in [-0.39, 0.29) is 6.03 Å². The molecule has 0 saturated heterocycles. The summed E-state index contributed by atoms with van der Waals surface area (Å²) in [5.74, 6) is 0. The third-order valence-corrected chi connectivity index (χ3v) is 3.00. The van der Waals surface area contributed by atoms with Gasteiger partial charge < -0.3 is 10.6 Å². The van der Waals surface area contributed by atoms with Crippen molar-refractivity contribution in [1.29, 1.82) is 0 Å². The molecule has 1 aliphatic rings. The molecule has 1 heterocycles. The largest absolute Gasteiger partial charge is 0.351 e. The molecular formula is C14H22N2O. The van der Waals surface area contributed by atoms with Crippen LogP contribution in [0.25, 0.3) is 0 Å². The van der Waals surface area contributed by atoms with Gasteiger partial charge in [0.25, 0.3) is 0 Å². The van der Waals surface area contributed by atoms with Crippen LogP contribution >= 0.6 is 0 Å². The van der Waals surface area contributed by atoms with Crippen molar-refractivity contribution in [1.82, 2.24) is 4.90 Å². The van der Waals surface area contributed by atoms with Crippen molar-refractivity contribution in [2.24, 2.45) is 5.73 Å². The molecular weight excluding hydrogens is 212 g/mol. The van der Waals surface area contributed by atoms with E-state index in [0.29, 0.717) is 6.54 Å². The molecule has 1 aliphatic heterocycles. The Hall–Kier alpha value is -1.51. The third-order valence-electron chi connectivity index (χ3n) is 3.00. The second-order valence-corrected chi connectivity index (χ2v) is 3.97. The number of primary amides is 1. The van der Waals surface area contributed by atoms with Crippen LogP contribution in [0.5, 0.6) is 0 Å². The molecule has 17 heavy (non-hydrogen) atoms. The smallest absolute Gasteiger partial charge is 0.315 e. The highest BCUT2D eigenvalue weighted by atomic mass is 16.2. The van der Waals surface area contributed by atoms with E-state index in [9.17, 15) is 4.79 Å². The Balaban J connectivity index is 0.000000686. The summed E-state index contributed by atoms with van der Waals surface area (Å²) < 4.78 is 0. The van der Waals surface area contributed by atoms with E-state index >= 15 is 0 Å². The van der Waals surface area contributed by atoms with E-state index < -0.39 is 0 Å². The lowest BCUT2D eigenvalue weighted by Crippen LogP contribution is -2.39. The van der Waals surface area contributed by atoms with Gasteiger partial charge in [-0.2, -0.15) is 0 Å². The first-order valence-corrected chi connectivity index (χ1v) is 6.35. The van der Waals surface area contributed by atoms with E-state index in [2.05, 4.69) is 25.1 Å². The number of carbonyl (C=O) groups excluding carboxylic acids is 1. The van der Waals surface area contributed by atoms with Crippen LogP contribution in [0.15, 0.2) is 18.2 Å². The molecule has 0 fully saturated rings. The number of hydrogen-bond donors (Lipinski definition) is 1. The maximum absolute atomic E-state index is 11.1. The zero-order valence-electron chi connectivity index (χ0n) is 11.0. The van der Waals surface area contributed by atoms with E-state index in [0.717, 1.165) is 19.4 Å². The Kier molecular flexibility index (Phi) is 5.01. The molecule has 1 aromatic carbocycles. The zero-order chi connectivity index (χ0) is 12.8. The number of fused-ring (bicyclic) bond motifs is 1. The van der Waals surface area contributed by atoms with Gasteiger partial charge in [-0.3, -0.25) is 0 Å². The van der Waals surface area contributed by atoms with Gasteiger partial charge in [-0.1, -0.05) is 39.0 Å². The van der Waals surface area contributed by atoms with Crippen LogP contribution in [0.4, 0.5) is 4.79 Å². The van der Waals surface area contributed by atoms with Crippen molar-refractivity contribution < 1.29 is 4.79 Å². The third kappa shape index (κ3) is 3.22. The summed E-state index contributed by atoms with van der Waals surface area (Å²) in [6.07, 6.45) is 1.95. The number of amides is 2. The molecule has 2 amide bonds. The number of benzene rings is 1. The minimum absolute atomic E-state index is 0.317. The predicted octanol–water partition coefficient (Wildman–Crippen LogP) is 2.71. The van der Waals surface area contributed by atoms with Crippen LogP contribution in [-0.2, 0) is 19.4 Å². The van der Waals surface area contributed by atoms with Gasteiger partial charge in [-0.15, -0.1) is 0 Å². The van der Waals surface area contributed by atoms with Crippen LogP contribution in [-0.4, -0.2) is 17.5 Å². The maximum atomic E-state index is 11.1. The molecule has 94 valence electrons. The van der Waals surface area contributed by atoms with E-state index in [4.69, 9.17) is 5.73 Å². The summed E-state index contributed by atoms with van der Waals surface area (Å²) in [6.45, 7) is 7.54. The Morgan fingerprint density at radius 2 is 2.06 bits per heavy atom. The fraction of sp³-hybridized carbons (Fsp3) is 0.500. The Morgan fingerprint density at radius 3 is 2.65 bits per heavy atom. The second kappa shape index (κ2) is 6.28. The highest BCUT2D eigenvalue weighted by Crippen LogP contribution is 2.20. The average Bonchev–Trinajstić information content (AvgIpc) is 2.39. The topological polar surface area (TPSA) is 46.3 Å². The van der Waals surface area contributed by atoms with Crippen molar-refractivity contribution >= 4 is 6.03 Å². The van der Waals surface area contributed by atoms with Crippen LogP contribution in [0.3, 0.4) is 0 Å². The Labute approximate surface area is 104 Å². The van der Waals surface area contributed by atoms with Gasteiger partial charge >= 0.3 is 6.03 Å². The first-order valence-electron chi connectivity index (χ1n) is 6.35. The molecule has 2 rings (SSSR count). The number of nitrogens with zero attached hydrogens (tertiary/aromatic N) is 1. The molecule has 0 atom stereocenters. The lowest BCUT2D eigenvalue weighted by Gasteiger charge is -2.27. The number of nitrogens with two attached hydrogens (primary N) is 1. The highest BCUT2D eigenvalue weighted by molar-refractivity contribution is 5.72. The summed E-state index contributed by atoms with van der Waals surface area (Å²) in [5, 5.41) is 0. The number of carbonyl (C=O) groups is 1. The lowest BCUT2D eigenvalue weighted by molar-refractivity contribution is 0.202. The molecule has 0 aromatic heterocycles. The number of hydrogen-bond acceptors (Lipinski definition) is 1. The highest BCUT2D eigenvalue weighted by Gasteiger charge is 2.18. The van der Waals surface area contributed by atoms with Gasteiger partial charge in [0, 0.05) is 13.1 Å². The fourth-order valence-corrected chi connectivity index (χ4v) is 2.02. The standard InChI is InChI=1S/C12H16N2O.C2H6/c1-2-9-3-4-10-5-6-14(12(13)15)8-11(10)7-9;1-2/h3-4,7H,2,5-6,8H2,1H3,(H2,13,15);1-2H3. The van der Waals surface area contributed by atoms with Gasteiger partial charge in [0.05, 0.1) is 0 Å². The van der Waals surface area contributed by atoms with Gasteiger partial charge in [0.1, 0.15) is 0 Å². The number of aryl methyl sites for hydroxylation is 1. The summed E-state index contributed by atoms with van der Waals surface area (Å²) in [5.41, 5.74) is 9.20. The summed E-state index contributed by atoms with van der Waals surface area (Å²) in [7, 11) is 0. The van der Waals surface area contributed by atoms with Gasteiger partial charge in [0.2, 0.25) is 0 Å². The van der Waals surface area contributed by atoms with Crippen LogP contribution in [0.2, 0.25) is 0 Å². The summed E-state index contributed by atoms with van der Waals surface area (Å²) in [6, 6.07) is 6.21. The number of urea groups is 1. The Bertz CT molecular complexity index is 388. The van der Waals surface area contributed by atoms with Crippen molar-refractivity contribution in [3.8, 4) is 0 Å². The maximum Gasteiger partial charge on any atom is 0.315 e. The minimum Gasteiger partial charge on any atom is -0.351 e. The van der Waals surface area contributed by atoms with Crippen molar-refractivity contribution in [2.45, 2.75) is 40.2 Å². The summed E-state index contributed by atoms with van der Waals surface area (Å²) in [4.78, 5) is 12.8. The zero-order valence-corrected chi connectivity index (χ0v) is 11.0. The molecule has 0 radical (unpaired) electrons. The van der Waals surface area contributed by atoms with Gasteiger partial charge in [-0.25, -0.2) is 4.79 Å². The molecule has 0 bridgehead atoms. The predicted molar refractivity (Wildman–Crippen MR) is 70.9 cm³/mol. The first-order chi connectivity index (χ1) is 8.20. The van der Waals surface area contributed by atoms with Crippen LogP contribution < -0.4 is 5.73 Å². The van der Waals surface area contributed by atoms with Crippen molar-refractivity contribution in [3.63, 3.8) is 0 Å². The van der Waals surface area contributed by atoms with E-state index in [1.807, 2.05) is 13.8 Å². The number of rotatable bonds is 1. The quantitative estimate of drug-likeness (QED) is 0.798. The lowest BCUT2D eigenvalue weighted by atomic mass is 9.97. The van der Waals surface area contributed by atoms with Crippen molar-refractivity contribution in [2.75, 3.05) is 6.54 Å². The van der Waals surface area contributed by atoms with Crippen molar-refractivity contribution in [3.05, 3.63) is 34.9 Å². The SMILES string of the molecule is CC.CCc1ccc2c(c1)CN(C(N)=O)CC2. The van der Waals surface area contributed by atoms with E-state index in [1.165, 1.54) is 16.7 Å². The molecule has 0 spiro atoms. The molecule has 0 aliphatic carbocycles. The molecule has 2 N–H and O–H groups in total. The normalized spacial score (nSPS) is 13.5. The summed E-state index contributed by atoms with van der Waals surface area (Å²) >= 11 is 0. The molecule has 0 saturated carbocycles. The second-order valence-electron chi connectivity index (χ2n) is 3.97. The average molecular weight is 234 g/mol. The molecule has 1 aromatic rings. The van der Waals surface area contributed by atoms with E-state index in [1.54, 1.807) is 4.90 Å². The van der Waals surface area contributed by atoms with Gasteiger partial charge in [-0.05, 0) is 29.5 Å².